The zero-order valence-corrected chi connectivity index (χ0v) is 23.9. The number of nitrogens with one attached hydrogen (secondary N) is 1. The van der Waals surface area contributed by atoms with E-state index >= 15 is 0 Å². The van der Waals surface area contributed by atoms with E-state index in [1.54, 1.807) is 24.0 Å². The number of hydrogen-bond donors (Lipinski definition) is 1. The molecule has 1 aromatic heterocycles. The molecule has 2 atom stereocenters. The molecule has 8 nitrogen and oxygen atoms in total. The fourth-order valence-corrected chi connectivity index (χ4v) is 6.29. The number of para-hydroxylation sites is 1. The Kier molecular flexibility index (Phi) is 6.85. The molecule has 1 N–H and O–H groups in total. The summed E-state index contributed by atoms with van der Waals surface area (Å²) >= 11 is 0. The van der Waals surface area contributed by atoms with Crippen LogP contribution in [-0.4, -0.2) is 60.5 Å². The number of methoxy groups -OCH3 is 2. The Bertz CT molecular complexity index is 1610. The van der Waals surface area contributed by atoms with Gasteiger partial charge in [0, 0.05) is 29.9 Å². The summed E-state index contributed by atoms with van der Waals surface area (Å²) in [6.45, 7) is 5.28. The Balaban J connectivity index is 1.44. The molecule has 0 radical (unpaired) electrons. The van der Waals surface area contributed by atoms with Crippen LogP contribution in [-0.2, 0) is 21.7 Å². The first kappa shape index (κ1) is 26.7. The molecule has 0 bridgehead atoms. The van der Waals surface area contributed by atoms with Gasteiger partial charge in [-0.25, -0.2) is 0 Å². The quantitative estimate of drug-likeness (QED) is 0.324. The van der Waals surface area contributed by atoms with Gasteiger partial charge in [0.1, 0.15) is 12.3 Å². The van der Waals surface area contributed by atoms with Crippen molar-refractivity contribution in [2.45, 2.75) is 38.3 Å². The zero-order chi connectivity index (χ0) is 28.7. The van der Waals surface area contributed by atoms with Crippen LogP contribution >= 0.6 is 0 Å². The molecule has 3 heterocycles. The molecule has 0 saturated carbocycles. The highest BCUT2D eigenvalue weighted by Crippen LogP contribution is 2.49. The second-order valence-electron chi connectivity index (χ2n) is 10.9. The van der Waals surface area contributed by atoms with E-state index in [-0.39, 0.29) is 24.3 Å². The second-order valence-corrected chi connectivity index (χ2v) is 10.9. The molecular formula is C33H35N3O5. The summed E-state index contributed by atoms with van der Waals surface area (Å²) < 4.78 is 16.9. The van der Waals surface area contributed by atoms with Crippen molar-refractivity contribution >= 4 is 22.7 Å². The van der Waals surface area contributed by atoms with E-state index in [4.69, 9.17) is 14.2 Å². The first-order valence-corrected chi connectivity index (χ1v) is 14.0. The summed E-state index contributed by atoms with van der Waals surface area (Å²) in [6, 6.07) is 21.7. The predicted octanol–water partition coefficient (Wildman–Crippen LogP) is 5.21. The molecule has 0 unspecified atom stereocenters. The lowest BCUT2D eigenvalue weighted by molar-refractivity contribution is -0.166. The number of ether oxygens (including phenoxy) is 3. The monoisotopic (exact) mass is 553 g/mol. The fraction of sp³-hybridized carbons (Fsp3) is 0.333. The van der Waals surface area contributed by atoms with Crippen molar-refractivity contribution in [3.8, 4) is 17.2 Å². The number of benzene rings is 3. The maximum absolute atomic E-state index is 14.3. The minimum Gasteiger partial charge on any atom is -0.497 e. The van der Waals surface area contributed by atoms with Crippen LogP contribution in [0.3, 0.4) is 0 Å². The zero-order valence-electron chi connectivity index (χ0n) is 23.9. The van der Waals surface area contributed by atoms with Gasteiger partial charge in [-0.1, -0.05) is 43.3 Å². The van der Waals surface area contributed by atoms with E-state index < -0.39 is 5.54 Å². The normalized spacial score (nSPS) is 20.1. The molecule has 1 fully saturated rings. The van der Waals surface area contributed by atoms with Gasteiger partial charge in [0.15, 0.2) is 17.0 Å². The van der Waals surface area contributed by atoms with Gasteiger partial charge in [-0.05, 0) is 60.4 Å². The van der Waals surface area contributed by atoms with Crippen LogP contribution in [0.2, 0.25) is 0 Å². The minimum absolute atomic E-state index is 0.0237. The standard InChI is InChI=1S/C33H35N3O5/c1-5-16-41-27-15-12-22(17-28(27)40-4)25-19-36-29(37)20-35(18-21-10-13-23(39-3)14-11-21)32(38)33(36,2)31-30(25)24-8-6-7-9-26(24)34-31/h6-15,17,25,34H,5,16,18-20H2,1-4H3/t25-,33+/m1/s1. The number of piperazine rings is 1. The number of rotatable bonds is 8. The van der Waals surface area contributed by atoms with Crippen molar-refractivity contribution in [2.24, 2.45) is 0 Å². The van der Waals surface area contributed by atoms with Crippen molar-refractivity contribution in [1.82, 2.24) is 14.8 Å². The van der Waals surface area contributed by atoms with Gasteiger partial charge in [0.2, 0.25) is 5.91 Å². The molecule has 3 aromatic carbocycles. The van der Waals surface area contributed by atoms with E-state index in [0.29, 0.717) is 31.2 Å². The first-order chi connectivity index (χ1) is 19.9. The predicted molar refractivity (Wildman–Crippen MR) is 156 cm³/mol. The largest absolute Gasteiger partial charge is 0.497 e. The van der Waals surface area contributed by atoms with Crippen LogP contribution in [0.5, 0.6) is 17.2 Å². The van der Waals surface area contributed by atoms with Crippen LogP contribution in [0.4, 0.5) is 0 Å². The van der Waals surface area contributed by atoms with Crippen molar-refractivity contribution in [1.29, 1.82) is 0 Å². The summed E-state index contributed by atoms with van der Waals surface area (Å²) in [5.41, 5.74) is 3.51. The third-order valence-electron chi connectivity index (χ3n) is 8.40. The molecule has 1 saturated heterocycles. The maximum Gasteiger partial charge on any atom is 0.255 e. The molecule has 41 heavy (non-hydrogen) atoms. The van der Waals surface area contributed by atoms with Crippen molar-refractivity contribution < 1.29 is 23.8 Å². The summed E-state index contributed by atoms with van der Waals surface area (Å²) in [6.07, 6.45) is 0.894. The number of H-pyrrole nitrogens is 1. The topological polar surface area (TPSA) is 84.1 Å². The van der Waals surface area contributed by atoms with Gasteiger partial charge in [0.25, 0.3) is 5.91 Å². The Morgan fingerprint density at radius 3 is 2.49 bits per heavy atom. The van der Waals surface area contributed by atoms with E-state index in [1.807, 2.05) is 67.6 Å². The van der Waals surface area contributed by atoms with E-state index in [1.165, 1.54) is 0 Å². The number of fused-ring (bicyclic) bond motifs is 5. The molecule has 8 heteroatoms. The number of carbonyl (C=O) groups excluding carboxylic acids is 2. The number of nitrogens with zero attached hydrogens (tertiary/aromatic N) is 2. The number of amides is 2. The van der Waals surface area contributed by atoms with E-state index in [0.717, 1.165) is 45.5 Å². The van der Waals surface area contributed by atoms with Crippen LogP contribution in [0.25, 0.3) is 10.9 Å². The van der Waals surface area contributed by atoms with Crippen LogP contribution in [0.15, 0.2) is 66.7 Å². The molecule has 212 valence electrons. The highest BCUT2D eigenvalue weighted by Gasteiger charge is 2.56. The summed E-state index contributed by atoms with van der Waals surface area (Å²) in [5.74, 6) is 1.75. The van der Waals surface area contributed by atoms with Crippen molar-refractivity contribution in [3.05, 3.63) is 89.1 Å². The lowest BCUT2D eigenvalue weighted by Gasteiger charge is -2.51. The average molecular weight is 554 g/mol. The molecule has 0 spiro atoms. The lowest BCUT2D eigenvalue weighted by atomic mass is 9.76. The molecule has 2 aliphatic heterocycles. The summed E-state index contributed by atoms with van der Waals surface area (Å²) in [7, 11) is 3.26. The highest BCUT2D eigenvalue weighted by molar-refractivity contribution is 6.01. The minimum atomic E-state index is -1.17. The molecule has 2 amide bonds. The summed E-state index contributed by atoms with van der Waals surface area (Å²) in [4.78, 5) is 35.2. The van der Waals surface area contributed by atoms with Gasteiger partial charge in [-0.3, -0.25) is 9.59 Å². The SMILES string of the molecule is CCCOc1ccc([C@H]2CN3C(=O)CN(Cc4ccc(OC)cc4)C(=O)[C@]3(C)c3[nH]c4ccccc4c32)cc1OC. The second kappa shape index (κ2) is 10.5. The Labute approximate surface area is 239 Å². The molecule has 0 aliphatic carbocycles. The van der Waals surface area contributed by atoms with Crippen molar-refractivity contribution in [2.75, 3.05) is 33.9 Å². The lowest BCUT2D eigenvalue weighted by Crippen LogP contribution is -2.67. The van der Waals surface area contributed by atoms with Gasteiger partial charge in [-0.15, -0.1) is 0 Å². The molecule has 2 aliphatic rings. The van der Waals surface area contributed by atoms with Gasteiger partial charge in [-0.2, -0.15) is 0 Å². The number of hydrogen-bond acceptors (Lipinski definition) is 5. The van der Waals surface area contributed by atoms with Crippen LogP contribution in [0.1, 0.15) is 48.6 Å². The first-order valence-electron chi connectivity index (χ1n) is 14.0. The van der Waals surface area contributed by atoms with Gasteiger partial charge >= 0.3 is 0 Å². The average Bonchev–Trinajstić information content (AvgIpc) is 3.40. The van der Waals surface area contributed by atoms with Crippen molar-refractivity contribution in [3.63, 3.8) is 0 Å². The third-order valence-corrected chi connectivity index (χ3v) is 8.40. The van der Waals surface area contributed by atoms with E-state index in [9.17, 15) is 9.59 Å². The third kappa shape index (κ3) is 4.38. The van der Waals surface area contributed by atoms with Crippen LogP contribution in [0, 0.1) is 0 Å². The maximum atomic E-state index is 14.3. The highest BCUT2D eigenvalue weighted by atomic mass is 16.5. The van der Waals surface area contributed by atoms with Crippen LogP contribution < -0.4 is 14.2 Å². The Hall–Kier alpha value is -4.46. The molecular weight excluding hydrogens is 518 g/mol. The molecule has 4 aromatic rings. The fourth-order valence-electron chi connectivity index (χ4n) is 6.29. The Morgan fingerprint density at radius 2 is 1.76 bits per heavy atom. The smallest absolute Gasteiger partial charge is 0.255 e. The number of aromatic nitrogens is 1. The van der Waals surface area contributed by atoms with E-state index in [2.05, 4.69) is 18.0 Å². The number of aromatic amines is 1. The van der Waals surface area contributed by atoms with Gasteiger partial charge in [0.05, 0.1) is 26.5 Å². The Morgan fingerprint density at radius 1 is 0.976 bits per heavy atom. The molecule has 6 rings (SSSR count). The number of carbonyl (C=O) groups is 2. The van der Waals surface area contributed by atoms with Gasteiger partial charge < -0.3 is 29.0 Å². The summed E-state index contributed by atoms with van der Waals surface area (Å²) in [5, 5.41) is 1.05.